The number of hydrogen-bond donors (Lipinski definition) is 1. The van der Waals surface area contributed by atoms with Crippen LogP contribution in [0.5, 0.6) is 5.75 Å². The number of rotatable bonds is 1. The van der Waals surface area contributed by atoms with Crippen molar-refractivity contribution in [3.05, 3.63) is 29.8 Å². The van der Waals surface area contributed by atoms with Crippen LogP contribution in [-0.4, -0.2) is 12.9 Å². The van der Waals surface area contributed by atoms with Gasteiger partial charge >= 0.3 is 6.09 Å². The van der Waals surface area contributed by atoms with Crippen LogP contribution in [0.15, 0.2) is 24.3 Å². The molecule has 0 saturated carbocycles. The van der Waals surface area contributed by atoms with Gasteiger partial charge in [-0.3, -0.25) is 0 Å². The molecule has 2 N–H and O–H groups in total. The van der Waals surface area contributed by atoms with Gasteiger partial charge in [-0.25, -0.2) is 4.79 Å². The third-order valence-corrected chi connectivity index (χ3v) is 1.83. The molecule has 1 unspecified atom stereocenters. The maximum Gasteiger partial charge on any atom is 0.407 e. The van der Waals surface area contributed by atoms with E-state index in [0.717, 1.165) is 0 Å². The van der Waals surface area contributed by atoms with Crippen molar-refractivity contribution in [1.29, 1.82) is 0 Å². The van der Waals surface area contributed by atoms with Crippen molar-refractivity contribution in [3.8, 4) is 5.75 Å². The predicted octanol–water partition coefficient (Wildman–Crippen LogP) is 1.15. The van der Waals surface area contributed by atoms with Gasteiger partial charge in [-0.15, -0.1) is 0 Å². The molecule has 0 aromatic heterocycles. The van der Waals surface area contributed by atoms with Gasteiger partial charge < -0.3 is 19.9 Å². The number of amides is 1. The maximum absolute atomic E-state index is 10.6. The fourth-order valence-corrected chi connectivity index (χ4v) is 1.26. The SMILES string of the molecule is NC(=O)OC1OCOc2ccccc21. The summed E-state index contributed by atoms with van der Waals surface area (Å²) in [4.78, 5) is 10.6. The molecule has 5 nitrogen and oxygen atoms in total. The minimum atomic E-state index is -0.869. The Morgan fingerprint density at radius 1 is 1.50 bits per heavy atom. The smallest absolute Gasteiger partial charge is 0.407 e. The molecule has 74 valence electrons. The van der Waals surface area contributed by atoms with Crippen molar-refractivity contribution in [1.82, 2.24) is 0 Å². The average molecular weight is 195 g/mol. The predicted molar refractivity (Wildman–Crippen MR) is 46.4 cm³/mol. The molecule has 0 saturated heterocycles. The van der Waals surface area contributed by atoms with Gasteiger partial charge in [0.25, 0.3) is 0 Å². The van der Waals surface area contributed by atoms with Gasteiger partial charge in [0, 0.05) is 0 Å². The summed E-state index contributed by atoms with van der Waals surface area (Å²) in [5.41, 5.74) is 5.56. The van der Waals surface area contributed by atoms with Crippen LogP contribution in [-0.2, 0) is 9.47 Å². The molecule has 0 fully saturated rings. The zero-order valence-electron chi connectivity index (χ0n) is 7.30. The van der Waals surface area contributed by atoms with Gasteiger partial charge in [-0.2, -0.15) is 0 Å². The lowest BCUT2D eigenvalue weighted by atomic mass is 10.2. The van der Waals surface area contributed by atoms with Crippen LogP contribution < -0.4 is 10.5 Å². The highest BCUT2D eigenvalue weighted by molar-refractivity contribution is 5.65. The Labute approximate surface area is 80.4 Å². The number of ether oxygens (including phenoxy) is 3. The first kappa shape index (κ1) is 8.83. The van der Waals surface area contributed by atoms with E-state index in [1.54, 1.807) is 18.2 Å². The molecule has 0 bridgehead atoms. The Kier molecular flexibility index (Phi) is 2.24. The second-order valence-electron chi connectivity index (χ2n) is 2.74. The van der Waals surface area contributed by atoms with E-state index in [0.29, 0.717) is 11.3 Å². The second kappa shape index (κ2) is 3.55. The zero-order chi connectivity index (χ0) is 9.97. The largest absolute Gasteiger partial charge is 0.467 e. The number of nitrogens with two attached hydrogens (primary N) is 1. The van der Waals surface area contributed by atoms with E-state index < -0.39 is 12.4 Å². The van der Waals surface area contributed by atoms with Gasteiger partial charge in [-0.05, 0) is 12.1 Å². The number of carbonyl (C=O) groups excluding carboxylic acids is 1. The van der Waals surface area contributed by atoms with Crippen molar-refractivity contribution in [2.24, 2.45) is 5.73 Å². The van der Waals surface area contributed by atoms with Gasteiger partial charge in [-0.1, -0.05) is 12.1 Å². The lowest BCUT2D eigenvalue weighted by Crippen LogP contribution is -2.24. The Bertz CT molecular complexity index is 352. The summed E-state index contributed by atoms with van der Waals surface area (Å²) < 4.78 is 15.0. The molecule has 0 aliphatic carbocycles. The van der Waals surface area contributed by atoms with Crippen LogP contribution in [0.1, 0.15) is 11.9 Å². The van der Waals surface area contributed by atoms with Gasteiger partial charge in [0.1, 0.15) is 5.75 Å². The molecule has 0 radical (unpaired) electrons. The second-order valence-corrected chi connectivity index (χ2v) is 2.74. The molecule has 1 aromatic carbocycles. The fraction of sp³-hybridized carbons (Fsp3) is 0.222. The van der Waals surface area contributed by atoms with Crippen molar-refractivity contribution >= 4 is 6.09 Å². The lowest BCUT2D eigenvalue weighted by molar-refractivity contribution is -0.163. The first-order chi connectivity index (χ1) is 6.77. The summed E-state index contributed by atoms with van der Waals surface area (Å²) in [5, 5.41) is 0. The van der Waals surface area contributed by atoms with Crippen LogP contribution in [0.25, 0.3) is 0 Å². The number of benzene rings is 1. The number of para-hydroxylation sites is 1. The Morgan fingerprint density at radius 3 is 3.07 bits per heavy atom. The van der Waals surface area contributed by atoms with Crippen LogP contribution >= 0.6 is 0 Å². The van der Waals surface area contributed by atoms with Crippen molar-refractivity contribution < 1.29 is 19.0 Å². The monoisotopic (exact) mass is 195 g/mol. The molecular weight excluding hydrogens is 186 g/mol. The van der Waals surface area contributed by atoms with E-state index in [9.17, 15) is 4.79 Å². The lowest BCUT2D eigenvalue weighted by Gasteiger charge is -2.24. The number of primary amides is 1. The number of carbonyl (C=O) groups is 1. The van der Waals surface area contributed by atoms with E-state index in [1.807, 2.05) is 6.07 Å². The maximum atomic E-state index is 10.6. The number of hydrogen-bond acceptors (Lipinski definition) is 4. The Hall–Kier alpha value is -1.75. The van der Waals surface area contributed by atoms with Gasteiger partial charge in [0.05, 0.1) is 5.56 Å². The molecule has 14 heavy (non-hydrogen) atoms. The third kappa shape index (κ3) is 1.62. The highest BCUT2D eigenvalue weighted by atomic mass is 16.8. The molecule has 1 atom stereocenters. The molecule has 5 heteroatoms. The normalized spacial score (nSPS) is 19.3. The Balaban J connectivity index is 2.26. The standard InChI is InChI=1S/C9H9NO4/c10-9(11)14-8-6-3-1-2-4-7(6)12-5-13-8/h1-4,8H,5H2,(H2,10,11). The first-order valence-corrected chi connectivity index (χ1v) is 4.07. The van der Waals surface area contributed by atoms with Crippen molar-refractivity contribution in [2.45, 2.75) is 6.29 Å². The highest BCUT2D eigenvalue weighted by Gasteiger charge is 2.24. The average Bonchev–Trinajstić information content (AvgIpc) is 2.18. The molecule has 0 spiro atoms. The summed E-state index contributed by atoms with van der Waals surface area (Å²) in [5.74, 6) is 0.644. The minimum Gasteiger partial charge on any atom is -0.467 e. The molecule has 1 amide bonds. The molecule has 1 aliphatic rings. The first-order valence-electron chi connectivity index (χ1n) is 4.07. The van der Waals surface area contributed by atoms with Crippen LogP contribution in [0.4, 0.5) is 4.79 Å². The molecule has 1 aromatic rings. The minimum absolute atomic E-state index is 0.0506. The summed E-state index contributed by atoms with van der Waals surface area (Å²) in [6.07, 6.45) is -1.64. The molecule has 2 rings (SSSR count). The van der Waals surface area contributed by atoms with E-state index in [2.05, 4.69) is 0 Å². The zero-order valence-corrected chi connectivity index (χ0v) is 7.30. The molecular formula is C9H9NO4. The van der Waals surface area contributed by atoms with Crippen molar-refractivity contribution in [2.75, 3.05) is 6.79 Å². The highest BCUT2D eigenvalue weighted by Crippen LogP contribution is 2.31. The molecule has 1 aliphatic heterocycles. The summed E-state index contributed by atoms with van der Waals surface area (Å²) in [7, 11) is 0. The number of fused-ring (bicyclic) bond motifs is 1. The van der Waals surface area contributed by atoms with E-state index in [-0.39, 0.29) is 6.79 Å². The van der Waals surface area contributed by atoms with E-state index in [1.165, 1.54) is 0 Å². The van der Waals surface area contributed by atoms with Crippen LogP contribution in [0.2, 0.25) is 0 Å². The van der Waals surface area contributed by atoms with Crippen LogP contribution in [0, 0.1) is 0 Å². The molecule has 1 heterocycles. The van der Waals surface area contributed by atoms with Crippen molar-refractivity contribution in [3.63, 3.8) is 0 Å². The fourth-order valence-electron chi connectivity index (χ4n) is 1.26. The van der Waals surface area contributed by atoms with Crippen LogP contribution in [0.3, 0.4) is 0 Å². The third-order valence-electron chi connectivity index (χ3n) is 1.83. The summed E-state index contributed by atoms with van der Waals surface area (Å²) >= 11 is 0. The topological polar surface area (TPSA) is 70.8 Å². The van der Waals surface area contributed by atoms with Gasteiger partial charge in [0.2, 0.25) is 6.29 Å². The van der Waals surface area contributed by atoms with E-state index in [4.69, 9.17) is 19.9 Å². The van der Waals surface area contributed by atoms with E-state index >= 15 is 0 Å². The summed E-state index contributed by atoms with van der Waals surface area (Å²) in [6.45, 7) is 0.0506. The summed E-state index contributed by atoms with van der Waals surface area (Å²) in [6, 6.07) is 7.15. The quantitative estimate of drug-likeness (QED) is 0.729. The Morgan fingerprint density at radius 2 is 2.29 bits per heavy atom. The van der Waals surface area contributed by atoms with Gasteiger partial charge in [0.15, 0.2) is 6.79 Å².